The minimum atomic E-state index is -0.569. The van der Waals surface area contributed by atoms with E-state index in [0.29, 0.717) is 56.2 Å². The van der Waals surface area contributed by atoms with Crippen molar-refractivity contribution in [2.24, 2.45) is 0 Å². The van der Waals surface area contributed by atoms with Crippen LogP contribution in [0.1, 0.15) is 52.9 Å². The molecule has 3 amide bonds. The topological polar surface area (TPSA) is 97.0 Å². The van der Waals surface area contributed by atoms with Crippen molar-refractivity contribution in [3.8, 4) is 5.75 Å². The Hall–Kier alpha value is -2.48. The number of nitrogens with one attached hydrogen (secondary N) is 2. The average molecular weight is 468 g/mol. The Bertz CT molecular complexity index is 773. The van der Waals surface area contributed by atoms with Gasteiger partial charge in [0.15, 0.2) is 0 Å². The summed E-state index contributed by atoms with van der Waals surface area (Å²) in [7, 11) is 0. The summed E-state index contributed by atoms with van der Waals surface area (Å²) >= 11 is 6.05. The monoisotopic (exact) mass is 467 g/mol. The molecule has 1 fully saturated rings. The van der Waals surface area contributed by atoms with Crippen LogP contribution in [0.3, 0.4) is 0 Å². The maximum Gasteiger partial charge on any atom is 0.407 e. The Labute approximate surface area is 195 Å². The van der Waals surface area contributed by atoms with Crippen molar-refractivity contribution >= 4 is 29.5 Å². The smallest absolute Gasteiger partial charge is 0.407 e. The van der Waals surface area contributed by atoms with Crippen molar-refractivity contribution < 1.29 is 23.9 Å². The van der Waals surface area contributed by atoms with E-state index in [9.17, 15) is 14.4 Å². The number of benzene rings is 1. The second-order valence-corrected chi connectivity index (χ2v) is 9.19. The van der Waals surface area contributed by atoms with Crippen molar-refractivity contribution in [2.75, 3.05) is 26.2 Å². The molecule has 0 saturated carbocycles. The van der Waals surface area contributed by atoms with E-state index in [1.54, 1.807) is 32.9 Å². The second-order valence-electron chi connectivity index (χ2n) is 8.78. The van der Waals surface area contributed by atoms with Gasteiger partial charge in [-0.1, -0.05) is 23.7 Å². The Balaban J connectivity index is 1.57. The molecule has 1 aromatic rings. The van der Waals surface area contributed by atoms with Gasteiger partial charge in [-0.05, 0) is 52.2 Å². The van der Waals surface area contributed by atoms with Gasteiger partial charge < -0.3 is 25.0 Å². The molecule has 0 unspecified atom stereocenters. The van der Waals surface area contributed by atoms with Gasteiger partial charge >= 0.3 is 6.09 Å². The molecule has 1 aromatic carbocycles. The summed E-state index contributed by atoms with van der Waals surface area (Å²) in [6.45, 7) is 7.23. The van der Waals surface area contributed by atoms with Gasteiger partial charge in [0.05, 0.1) is 11.6 Å². The fourth-order valence-electron chi connectivity index (χ4n) is 3.29. The SMILES string of the molecule is CC(C)(C)OC(=O)NCCC(=O)NC1CCN(C(=O)CCCOc2ccccc2Cl)CC1. The molecule has 2 rings (SSSR count). The Morgan fingerprint density at radius 1 is 1.12 bits per heavy atom. The van der Waals surface area contributed by atoms with Gasteiger partial charge in [0.25, 0.3) is 0 Å². The van der Waals surface area contributed by atoms with E-state index in [-0.39, 0.29) is 30.8 Å². The third-order valence-electron chi connectivity index (χ3n) is 4.86. The van der Waals surface area contributed by atoms with Gasteiger partial charge in [0, 0.05) is 38.5 Å². The summed E-state index contributed by atoms with van der Waals surface area (Å²) in [6, 6.07) is 7.30. The highest BCUT2D eigenvalue weighted by Gasteiger charge is 2.23. The van der Waals surface area contributed by atoms with Gasteiger partial charge in [-0.2, -0.15) is 0 Å². The summed E-state index contributed by atoms with van der Waals surface area (Å²) in [4.78, 5) is 37.9. The molecule has 0 bridgehead atoms. The van der Waals surface area contributed by atoms with E-state index in [4.69, 9.17) is 21.1 Å². The van der Waals surface area contributed by atoms with Crippen molar-refractivity contribution in [1.29, 1.82) is 0 Å². The van der Waals surface area contributed by atoms with Gasteiger partial charge in [-0.3, -0.25) is 9.59 Å². The van der Waals surface area contributed by atoms with Gasteiger partial charge in [0.1, 0.15) is 11.4 Å². The molecule has 9 heteroatoms. The molecule has 0 aromatic heterocycles. The molecule has 8 nitrogen and oxygen atoms in total. The van der Waals surface area contributed by atoms with Crippen LogP contribution in [0.5, 0.6) is 5.75 Å². The molecule has 32 heavy (non-hydrogen) atoms. The molecule has 1 aliphatic rings. The average Bonchev–Trinajstić information content (AvgIpc) is 2.71. The number of carbonyl (C=O) groups is 3. The number of carbonyl (C=O) groups excluding carboxylic acids is 3. The first kappa shape index (κ1) is 25.8. The quantitative estimate of drug-likeness (QED) is 0.541. The van der Waals surface area contributed by atoms with Crippen LogP contribution >= 0.6 is 11.6 Å². The third kappa shape index (κ3) is 9.77. The summed E-state index contributed by atoms with van der Waals surface area (Å²) < 4.78 is 10.8. The van der Waals surface area contributed by atoms with Crippen LogP contribution in [0.4, 0.5) is 4.79 Å². The highest BCUT2D eigenvalue weighted by atomic mass is 35.5. The van der Waals surface area contributed by atoms with Crippen molar-refractivity contribution in [1.82, 2.24) is 15.5 Å². The molecule has 0 spiro atoms. The third-order valence-corrected chi connectivity index (χ3v) is 5.17. The molecule has 0 aliphatic carbocycles. The molecule has 2 N–H and O–H groups in total. The lowest BCUT2D eigenvalue weighted by Crippen LogP contribution is -2.47. The van der Waals surface area contributed by atoms with Gasteiger partial charge in [-0.25, -0.2) is 4.79 Å². The molecule has 1 saturated heterocycles. The Morgan fingerprint density at radius 3 is 2.47 bits per heavy atom. The summed E-state index contributed by atoms with van der Waals surface area (Å²) in [6.07, 6.45) is 2.11. The lowest BCUT2D eigenvalue weighted by Gasteiger charge is -2.32. The number of likely N-dealkylation sites (tertiary alicyclic amines) is 1. The number of hydrogen-bond donors (Lipinski definition) is 2. The number of halogens is 1. The van der Waals surface area contributed by atoms with E-state index in [1.165, 1.54) is 0 Å². The van der Waals surface area contributed by atoms with E-state index >= 15 is 0 Å². The highest BCUT2D eigenvalue weighted by Crippen LogP contribution is 2.23. The molecule has 178 valence electrons. The van der Waals surface area contributed by atoms with Crippen LogP contribution in [-0.4, -0.2) is 60.7 Å². The van der Waals surface area contributed by atoms with Crippen molar-refractivity contribution in [3.05, 3.63) is 29.3 Å². The largest absolute Gasteiger partial charge is 0.492 e. The lowest BCUT2D eigenvalue weighted by molar-refractivity contribution is -0.132. The predicted octanol–water partition coefficient (Wildman–Crippen LogP) is 3.52. The maximum absolute atomic E-state index is 12.4. The highest BCUT2D eigenvalue weighted by molar-refractivity contribution is 6.32. The zero-order valence-electron chi connectivity index (χ0n) is 19.1. The van der Waals surface area contributed by atoms with Gasteiger partial charge in [-0.15, -0.1) is 0 Å². The summed E-state index contributed by atoms with van der Waals surface area (Å²) in [5.41, 5.74) is -0.569. The Morgan fingerprint density at radius 2 is 1.81 bits per heavy atom. The van der Waals surface area contributed by atoms with Crippen molar-refractivity contribution in [3.63, 3.8) is 0 Å². The molecule has 0 atom stereocenters. The molecule has 0 radical (unpaired) electrons. The predicted molar refractivity (Wildman–Crippen MR) is 123 cm³/mol. The normalized spacial score (nSPS) is 14.6. The lowest BCUT2D eigenvalue weighted by atomic mass is 10.0. The number of rotatable bonds is 9. The van der Waals surface area contributed by atoms with Crippen LogP contribution in [0.25, 0.3) is 0 Å². The maximum atomic E-state index is 12.4. The molecular weight excluding hydrogens is 434 g/mol. The van der Waals surface area contributed by atoms with Crippen LogP contribution in [0.2, 0.25) is 5.02 Å². The molecule has 1 heterocycles. The fourth-order valence-corrected chi connectivity index (χ4v) is 3.48. The standard InChI is InChI=1S/C23H34ClN3O5/c1-23(2,3)32-22(30)25-13-10-20(28)26-17-11-14-27(15-12-17)21(29)9-6-16-31-19-8-5-4-7-18(19)24/h4-5,7-8,17H,6,9-16H2,1-3H3,(H,25,30)(H,26,28). The first-order chi connectivity index (χ1) is 15.1. The van der Waals surface area contributed by atoms with Gasteiger partial charge in [0.2, 0.25) is 11.8 Å². The summed E-state index contributed by atoms with van der Waals surface area (Å²) in [5, 5.41) is 6.11. The zero-order chi connectivity index (χ0) is 23.6. The zero-order valence-corrected chi connectivity index (χ0v) is 19.9. The second kappa shape index (κ2) is 12.5. The van der Waals surface area contributed by atoms with Crippen LogP contribution in [-0.2, 0) is 14.3 Å². The van der Waals surface area contributed by atoms with E-state index in [1.807, 2.05) is 17.0 Å². The minimum Gasteiger partial charge on any atom is -0.492 e. The van der Waals surface area contributed by atoms with Crippen LogP contribution in [0, 0.1) is 0 Å². The fraction of sp³-hybridized carbons (Fsp3) is 0.609. The van der Waals surface area contributed by atoms with Crippen molar-refractivity contribution in [2.45, 2.75) is 64.5 Å². The number of hydrogen-bond acceptors (Lipinski definition) is 5. The Kier molecular flexibility index (Phi) is 10.1. The van der Waals surface area contributed by atoms with E-state index < -0.39 is 11.7 Å². The van der Waals surface area contributed by atoms with E-state index in [2.05, 4.69) is 10.6 Å². The molecular formula is C23H34ClN3O5. The van der Waals surface area contributed by atoms with E-state index in [0.717, 1.165) is 0 Å². The first-order valence-electron chi connectivity index (χ1n) is 11.1. The van der Waals surface area contributed by atoms with Crippen LogP contribution < -0.4 is 15.4 Å². The molecule has 1 aliphatic heterocycles. The van der Waals surface area contributed by atoms with Crippen LogP contribution in [0.15, 0.2) is 24.3 Å². The summed E-state index contributed by atoms with van der Waals surface area (Å²) in [5.74, 6) is 0.598. The number of nitrogens with zero attached hydrogens (tertiary/aromatic N) is 1. The number of para-hydroxylation sites is 1. The number of ether oxygens (including phenoxy) is 2. The number of alkyl carbamates (subject to hydrolysis) is 1. The minimum absolute atomic E-state index is 0.0385. The first-order valence-corrected chi connectivity index (χ1v) is 11.4. The number of amides is 3. The number of piperidine rings is 1.